The number of rotatable bonds is 6. The third kappa shape index (κ3) is 3.33. The lowest BCUT2D eigenvalue weighted by atomic mass is 10.1. The number of nitrogens with zero attached hydrogens (tertiary/aromatic N) is 2. The molecule has 0 bridgehead atoms. The molecule has 6 nitrogen and oxygen atoms in total. The highest BCUT2D eigenvalue weighted by molar-refractivity contribution is 5.97. The molecule has 0 aliphatic heterocycles. The Balaban J connectivity index is 2.21. The molecule has 0 fully saturated rings. The summed E-state index contributed by atoms with van der Waals surface area (Å²) < 4.78 is 1.66. The fourth-order valence-corrected chi connectivity index (χ4v) is 2.24. The summed E-state index contributed by atoms with van der Waals surface area (Å²) in [6.45, 7) is 3.66. The quantitative estimate of drug-likeness (QED) is 0.856. The minimum absolute atomic E-state index is 0.381. The average molecular weight is 301 g/mol. The van der Waals surface area contributed by atoms with Crippen molar-refractivity contribution in [1.29, 1.82) is 0 Å². The summed E-state index contributed by atoms with van der Waals surface area (Å²) in [5, 5.41) is 15.9. The normalized spacial score (nSPS) is 11.9. The molecule has 6 heteroatoms. The number of para-hydroxylation sites is 1. The lowest BCUT2D eigenvalue weighted by Crippen LogP contribution is -2.40. The van der Waals surface area contributed by atoms with Gasteiger partial charge in [-0.15, -0.1) is 0 Å². The van der Waals surface area contributed by atoms with Gasteiger partial charge < -0.3 is 10.4 Å². The van der Waals surface area contributed by atoms with Gasteiger partial charge in [0.15, 0.2) is 0 Å². The summed E-state index contributed by atoms with van der Waals surface area (Å²) in [4.78, 5) is 23.4. The molecule has 0 aliphatic rings. The zero-order valence-electron chi connectivity index (χ0n) is 12.6. The summed E-state index contributed by atoms with van der Waals surface area (Å²) in [6, 6.07) is 8.57. The summed E-state index contributed by atoms with van der Waals surface area (Å²) in [5.41, 5.74) is 1.90. The van der Waals surface area contributed by atoms with Crippen LogP contribution in [0.1, 0.15) is 35.8 Å². The predicted octanol–water partition coefficient (Wildman–Crippen LogP) is 2.16. The SMILES string of the molecule is CCCC(NC(=O)c1cnn(-c2ccccc2)c1C)C(=O)O. The molecule has 0 radical (unpaired) electrons. The Labute approximate surface area is 128 Å². The van der Waals surface area contributed by atoms with Crippen LogP contribution in [0.2, 0.25) is 0 Å². The predicted molar refractivity (Wildman–Crippen MR) is 82.1 cm³/mol. The molecule has 1 heterocycles. The molecule has 1 unspecified atom stereocenters. The van der Waals surface area contributed by atoms with Gasteiger partial charge in [-0.1, -0.05) is 31.5 Å². The van der Waals surface area contributed by atoms with Crippen molar-refractivity contribution in [2.75, 3.05) is 0 Å². The molecule has 1 atom stereocenters. The van der Waals surface area contributed by atoms with Crippen molar-refractivity contribution in [2.45, 2.75) is 32.7 Å². The fourth-order valence-electron chi connectivity index (χ4n) is 2.24. The van der Waals surface area contributed by atoms with Crippen molar-refractivity contribution in [3.8, 4) is 5.69 Å². The summed E-state index contributed by atoms with van der Waals surface area (Å²) in [5.74, 6) is -1.44. The van der Waals surface area contributed by atoms with E-state index in [1.807, 2.05) is 37.3 Å². The second-order valence-electron chi connectivity index (χ2n) is 5.04. The Morgan fingerprint density at radius 3 is 2.59 bits per heavy atom. The second kappa shape index (κ2) is 6.89. The highest BCUT2D eigenvalue weighted by Gasteiger charge is 2.22. The molecule has 2 N–H and O–H groups in total. The Hall–Kier alpha value is -2.63. The van der Waals surface area contributed by atoms with Gasteiger partial charge in [-0.25, -0.2) is 9.48 Å². The van der Waals surface area contributed by atoms with E-state index in [1.54, 1.807) is 11.6 Å². The number of carbonyl (C=O) groups is 2. The van der Waals surface area contributed by atoms with Gasteiger partial charge >= 0.3 is 5.97 Å². The number of aromatic nitrogens is 2. The maximum atomic E-state index is 12.3. The summed E-state index contributed by atoms with van der Waals surface area (Å²) >= 11 is 0. The smallest absolute Gasteiger partial charge is 0.326 e. The zero-order valence-corrected chi connectivity index (χ0v) is 12.6. The van der Waals surface area contributed by atoms with E-state index in [0.717, 1.165) is 5.69 Å². The monoisotopic (exact) mass is 301 g/mol. The van der Waals surface area contributed by atoms with Crippen LogP contribution in [0.25, 0.3) is 5.69 Å². The van der Waals surface area contributed by atoms with Gasteiger partial charge in [-0.3, -0.25) is 4.79 Å². The first-order valence-electron chi connectivity index (χ1n) is 7.18. The molecule has 0 saturated carbocycles. The summed E-state index contributed by atoms with van der Waals surface area (Å²) in [6.07, 6.45) is 2.54. The number of carboxylic acids is 1. The number of nitrogens with one attached hydrogen (secondary N) is 1. The standard InChI is InChI=1S/C16H19N3O3/c1-3-7-14(16(21)22)18-15(20)13-10-17-19(11(13)2)12-8-5-4-6-9-12/h4-6,8-10,14H,3,7H2,1-2H3,(H,18,20)(H,21,22). The lowest BCUT2D eigenvalue weighted by molar-refractivity contribution is -0.139. The van der Waals surface area contributed by atoms with Crippen molar-refractivity contribution in [2.24, 2.45) is 0 Å². The Morgan fingerprint density at radius 1 is 1.32 bits per heavy atom. The van der Waals surface area contributed by atoms with E-state index < -0.39 is 17.9 Å². The van der Waals surface area contributed by atoms with Crippen LogP contribution in [-0.4, -0.2) is 32.8 Å². The zero-order chi connectivity index (χ0) is 16.1. The van der Waals surface area contributed by atoms with E-state index in [-0.39, 0.29) is 0 Å². The van der Waals surface area contributed by atoms with Gasteiger partial charge in [0.05, 0.1) is 23.1 Å². The number of aliphatic carboxylic acids is 1. The van der Waals surface area contributed by atoms with E-state index in [0.29, 0.717) is 24.1 Å². The third-order valence-corrected chi connectivity index (χ3v) is 3.44. The van der Waals surface area contributed by atoms with Crippen LogP contribution in [-0.2, 0) is 4.79 Å². The highest BCUT2D eigenvalue weighted by atomic mass is 16.4. The molecule has 2 rings (SSSR count). The largest absolute Gasteiger partial charge is 0.480 e. The molecule has 2 aromatic rings. The first-order chi connectivity index (χ1) is 10.5. The third-order valence-electron chi connectivity index (χ3n) is 3.44. The van der Waals surface area contributed by atoms with Gasteiger partial charge in [0.25, 0.3) is 5.91 Å². The molecule has 0 saturated heterocycles. The number of benzene rings is 1. The van der Waals surface area contributed by atoms with Gasteiger partial charge in [-0.05, 0) is 25.5 Å². The van der Waals surface area contributed by atoms with Crippen LogP contribution in [0, 0.1) is 6.92 Å². The van der Waals surface area contributed by atoms with E-state index in [2.05, 4.69) is 10.4 Å². The first kappa shape index (κ1) is 15.8. The molecule has 22 heavy (non-hydrogen) atoms. The van der Waals surface area contributed by atoms with Crippen LogP contribution in [0.15, 0.2) is 36.5 Å². The number of carbonyl (C=O) groups excluding carboxylic acids is 1. The van der Waals surface area contributed by atoms with Crippen molar-refractivity contribution in [3.63, 3.8) is 0 Å². The second-order valence-corrected chi connectivity index (χ2v) is 5.04. The lowest BCUT2D eigenvalue weighted by Gasteiger charge is -2.13. The molecule has 0 spiro atoms. The van der Waals surface area contributed by atoms with Crippen molar-refractivity contribution >= 4 is 11.9 Å². The van der Waals surface area contributed by atoms with Crippen LogP contribution < -0.4 is 5.32 Å². The number of hydrogen-bond acceptors (Lipinski definition) is 3. The van der Waals surface area contributed by atoms with Gasteiger partial charge in [0.1, 0.15) is 6.04 Å². The van der Waals surface area contributed by atoms with Crippen LogP contribution >= 0.6 is 0 Å². The number of hydrogen-bond donors (Lipinski definition) is 2. The van der Waals surface area contributed by atoms with Crippen molar-refractivity contribution in [1.82, 2.24) is 15.1 Å². The highest BCUT2D eigenvalue weighted by Crippen LogP contribution is 2.14. The molecule has 1 amide bonds. The molecule has 1 aromatic heterocycles. The van der Waals surface area contributed by atoms with Crippen LogP contribution in [0.5, 0.6) is 0 Å². The van der Waals surface area contributed by atoms with Crippen LogP contribution in [0.4, 0.5) is 0 Å². The first-order valence-corrected chi connectivity index (χ1v) is 7.18. The van der Waals surface area contributed by atoms with Crippen molar-refractivity contribution < 1.29 is 14.7 Å². The Bertz CT molecular complexity index is 665. The topological polar surface area (TPSA) is 84.2 Å². The Kier molecular flexibility index (Phi) is 4.93. The van der Waals surface area contributed by atoms with E-state index in [1.165, 1.54) is 6.20 Å². The average Bonchev–Trinajstić information content (AvgIpc) is 2.89. The molecule has 1 aromatic carbocycles. The maximum Gasteiger partial charge on any atom is 0.326 e. The number of amides is 1. The van der Waals surface area contributed by atoms with Gasteiger partial charge in [0.2, 0.25) is 0 Å². The van der Waals surface area contributed by atoms with Gasteiger partial charge in [-0.2, -0.15) is 5.10 Å². The van der Waals surface area contributed by atoms with E-state index in [4.69, 9.17) is 5.11 Å². The van der Waals surface area contributed by atoms with Crippen LogP contribution in [0.3, 0.4) is 0 Å². The van der Waals surface area contributed by atoms with E-state index >= 15 is 0 Å². The minimum atomic E-state index is -1.02. The maximum absolute atomic E-state index is 12.3. The fraction of sp³-hybridized carbons (Fsp3) is 0.312. The Morgan fingerprint density at radius 2 is 2.00 bits per heavy atom. The molecule has 116 valence electrons. The van der Waals surface area contributed by atoms with Crippen molar-refractivity contribution in [3.05, 3.63) is 47.8 Å². The summed E-state index contributed by atoms with van der Waals surface area (Å²) in [7, 11) is 0. The number of carboxylic acid groups (broad SMARTS) is 1. The molecule has 0 aliphatic carbocycles. The molecular weight excluding hydrogens is 282 g/mol. The molecular formula is C16H19N3O3. The van der Waals surface area contributed by atoms with Gasteiger partial charge in [0, 0.05) is 0 Å². The minimum Gasteiger partial charge on any atom is -0.480 e. The van der Waals surface area contributed by atoms with E-state index in [9.17, 15) is 9.59 Å².